The highest BCUT2D eigenvalue weighted by Crippen LogP contribution is 2.56. The summed E-state index contributed by atoms with van der Waals surface area (Å²) in [5.74, 6) is 0. The van der Waals surface area contributed by atoms with Gasteiger partial charge in [-0.05, 0) is 0 Å². The summed E-state index contributed by atoms with van der Waals surface area (Å²) in [7, 11) is 0. The van der Waals surface area contributed by atoms with Crippen LogP contribution in [0.3, 0.4) is 0 Å². The van der Waals surface area contributed by atoms with Gasteiger partial charge in [-0.1, -0.05) is 87.3 Å². The molecular formula is C5H3Cl7. The fraction of sp³-hybridized carbons (Fsp3) is 0.600. The van der Waals surface area contributed by atoms with E-state index in [2.05, 4.69) is 6.58 Å². The lowest BCUT2D eigenvalue weighted by atomic mass is 10.3. The molecule has 0 spiro atoms. The smallest absolute Gasteiger partial charge is 0.100 e. The number of hydrogen-bond acceptors (Lipinski definition) is 0. The molecule has 0 heterocycles. The molecule has 0 aliphatic rings. The molecule has 0 nitrogen and oxygen atoms in total. The maximum Gasteiger partial charge on any atom is 0.226 e. The second-order valence-electron chi connectivity index (χ2n) is 1.90. The average molecular weight is 311 g/mol. The largest absolute Gasteiger partial charge is 0.226 e. The Kier molecular flexibility index (Phi) is 4.71. The highest BCUT2D eigenvalue weighted by Gasteiger charge is 2.58. The summed E-state index contributed by atoms with van der Waals surface area (Å²) in [6.07, 6.45) is 1.08. The molecule has 0 N–H and O–H groups in total. The minimum absolute atomic E-state index is 1.08. The maximum absolute atomic E-state index is 5.64. The highest BCUT2D eigenvalue weighted by molar-refractivity contribution is 6.79. The Hall–Kier alpha value is 1.77. The fourth-order valence-electron chi connectivity index (χ4n) is 0.317. The number of hydrogen-bond donors (Lipinski definition) is 0. The molecule has 0 saturated heterocycles. The van der Waals surface area contributed by atoms with Crippen LogP contribution in [-0.4, -0.2) is 12.5 Å². The van der Waals surface area contributed by atoms with Gasteiger partial charge in [0, 0.05) is 0 Å². The first-order valence-electron chi connectivity index (χ1n) is 2.52. The third kappa shape index (κ3) is 2.63. The van der Waals surface area contributed by atoms with Crippen molar-refractivity contribution in [3.05, 3.63) is 12.7 Å². The molecular weight excluding hydrogens is 308 g/mol. The normalized spacial score (nSPS) is 14.6. The van der Waals surface area contributed by atoms with E-state index in [9.17, 15) is 0 Å². The minimum atomic E-state index is -2.01. The van der Waals surface area contributed by atoms with Crippen LogP contribution in [0.2, 0.25) is 0 Å². The predicted octanol–water partition coefficient (Wildman–Crippen LogP) is 4.89. The molecule has 0 unspecified atom stereocenters. The average Bonchev–Trinajstić information content (AvgIpc) is 1.85. The molecule has 0 aliphatic heterocycles. The van der Waals surface area contributed by atoms with E-state index in [1.165, 1.54) is 0 Å². The van der Waals surface area contributed by atoms with Crippen molar-refractivity contribution >= 4 is 81.2 Å². The molecule has 0 amide bonds. The lowest BCUT2D eigenvalue weighted by Crippen LogP contribution is -2.45. The van der Waals surface area contributed by atoms with Crippen LogP contribution in [0, 0.1) is 0 Å². The Labute approximate surface area is 106 Å². The van der Waals surface area contributed by atoms with Crippen LogP contribution in [-0.2, 0) is 0 Å². The Morgan fingerprint density at radius 1 is 0.833 bits per heavy atom. The zero-order chi connectivity index (χ0) is 10.2. The van der Waals surface area contributed by atoms with E-state index < -0.39 is 12.5 Å². The molecule has 0 aromatic heterocycles. The summed E-state index contributed by atoms with van der Waals surface area (Å²) in [4.78, 5) is 0. The molecule has 7 heteroatoms. The van der Waals surface area contributed by atoms with Crippen LogP contribution in [0.5, 0.6) is 0 Å². The Bertz CT molecular complexity index is 177. The van der Waals surface area contributed by atoms with Crippen molar-refractivity contribution in [3.63, 3.8) is 0 Å². The third-order valence-electron chi connectivity index (χ3n) is 1.03. The van der Waals surface area contributed by atoms with Gasteiger partial charge in [-0.3, -0.25) is 0 Å². The second kappa shape index (κ2) is 4.10. The number of allylic oxidation sites excluding steroid dienone is 1. The van der Waals surface area contributed by atoms with Gasteiger partial charge in [0.05, 0.1) is 0 Å². The van der Waals surface area contributed by atoms with Crippen LogP contribution >= 0.6 is 81.2 Å². The molecule has 0 aromatic rings. The van der Waals surface area contributed by atoms with Gasteiger partial charge in [-0.15, -0.1) is 6.58 Å². The van der Waals surface area contributed by atoms with Gasteiger partial charge in [0.2, 0.25) is 8.13 Å². The van der Waals surface area contributed by atoms with E-state index in [0.717, 1.165) is 6.08 Å². The van der Waals surface area contributed by atoms with E-state index in [1.807, 2.05) is 0 Å². The molecule has 0 fully saturated rings. The summed E-state index contributed by atoms with van der Waals surface area (Å²) in [6, 6.07) is 0. The molecule has 0 aliphatic carbocycles. The van der Waals surface area contributed by atoms with Gasteiger partial charge in [0.25, 0.3) is 0 Å². The van der Waals surface area contributed by atoms with E-state index in [4.69, 9.17) is 81.2 Å². The first-order chi connectivity index (χ1) is 5.06. The van der Waals surface area contributed by atoms with E-state index in [1.54, 1.807) is 0 Å². The second-order valence-corrected chi connectivity index (χ2v) is 6.89. The molecule has 72 valence electrons. The van der Waals surface area contributed by atoms with Gasteiger partial charge in [-0.25, -0.2) is 0 Å². The van der Waals surface area contributed by atoms with Crippen molar-refractivity contribution in [2.24, 2.45) is 0 Å². The summed E-state index contributed by atoms with van der Waals surface area (Å²) < 4.78 is -5.70. The van der Waals surface area contributed by atoms with Crippen molar-refractivity contribution in [1.82, 2.24) is 0 Å². The molecule has 0 bridgehead atoms. The molecule has 0 atom stereocenters. The van der Waals surface area contributed by atoms with Crippen LogP contribution < -0.4 is 0 Å². The lowest BCUT2D eigenvalue weighted by Gasteiger charge is -2.35. The molecule has 0 radical (unpaired) electrons. The van der Waals surface area contributed by atoms with Gasteiger partial charge >= 0.3 is 0 Å². The maximum atomic E-state index is 5.64. The van der Waals surface area contributed by atoms with E-state index in [-0.39, 0.29) is 0 Å². The van der Waals surface area contributed by atoms with E-state index >= 15 is 0 Å². The predicted molar refractivity (Wildman–Crippen MR) is 59.4 cm³/mol. The molecule has 0 aromatic carbocycles. The highest BCUT2D eigenvalue weighted by atomic mass is 35.6. The third-order valence-corrected chi connectivity index (χ3v) is 4.89. The van der Waals surface area contributed by atoms with Crippen molar-refractivity contribution in [3.8, 4) is 0 Å². The van der Waals surface area contributed by atoms with Gasteiger partial charge in [0.15, 0.2) is 4.33 Å². The van der Waals surface area contributed by atoms with Crippen LogP contribution in [0.15, 0.2) is 12.7 Å². The quantitative estimate of drug-likeness (QED) is 0.503. The Balaban J connectivity index is 4.97. The summed E-state index contributed by atoms with van der Waals surface area (Å²) in [6.45, 7) is 3.30. The first kappa shape index (κ1) is 13.8. The Morgan fingerprint density at radius 3 is 1.25 bits per heavy atom. The summed E-state index contributed by atoms with van der Waals surface area (Å²) in [5, 5.41) is 0. The monoisotopic (exact) mass is 308 g/mol. The van der Waals surface area contributed by atoms with Crippen LogP contribution in [0.25, 0.3) is 0 Å². The Morgan fingerprint density at radius 2 is 1.17 bits per heavy atom. The standard InChI is InChI=1S/C5H3Cl7/c1-2-3(6,7)4(8,9)5(10,11)12/h2H,1H2. The number of rotatable bonds is 2. The zero-order valence-electron chi connectivity index (χ0n) is 5.43. The van der Waals surface area contributed by atoms with Crippen molar-refractivity contribution < 1.29 is 0 Å². The molecule has 0 rings (SSSR count). The topological polar surface area (TPSA) is 0 Å². The molecule has 0 saturated carbocycles. The van der Waals surface area contributed by atoms with Crippen molar-refractivity contribution in [2.75, 3.05) is 0 Å². The first-order valence-corrected chi connectivity index (χ1v) is 5.17. The van der Waals surface area contributed by atoms with Crippen LogP contribution in [0.4, 0.5) is 0 Å². The summed E-state index contributed by atoms with van der Waals surface area (Å²) in [5.41, 5.74) is 0. The number of halogens is 7. The van der Waals surface area contributed by atoms with Crippen molar-refractivity contribution in [2.45, 2.75) is 12.5 Å². The minimum Gasteiger partial charge on any atom is -0.100 e. The van der Waals surface area contributed by atoms with Crippen LogP contribution in [0.1, 0.15) is 0 Å². The van der Waals surface area contributed by atoms with Gasteiger partial charge < -0.3 is 0 Å². The van der Waals surface area contributed by atoms with Gasteiger partial charge in [-0.2, -0.15) is 0 Å². The van der Waals surface area contributed by atoms with Gasteiger partial charge in [0.1, 0.15) is 0 Å². The summed E-state index contributed by atoms with van der Waals surface area (Å²) >= 11 is 38.8. The SMILES string of the molecule is C=CC(Cl)(Cl)C(Cl)(Cl)C(Cl)(Cl)Cl. The number of alkyl halides is 7. The fourth-order valence-corrected chi connectivity index (χ4v) is 1.49. The molecule has 12 heavy (non-hydrogen) atoms. The lowest BCUT2D eigenvalue weighted by molar-refractivity contribution is 0.767. The van der Waals surface area contributed by atoms with E-state index in [0.29, 0.717) is 0 Å². The zero-order valence-corrected chi connectivity index (χ0v) is 10.7. The van der Waals surface area contributed by atoms with Crippen molar-refractivity contribution in [1.29, 1.82) is 0 Å².